The fraction of sp³-hybridized carbons (Fsp3) is 0.500. The first-order valence-electron chi connectivity index (χ1n) is 7.62. The largest absolute Gasteiger partial charge is 0.481 e. The maximum Gasteiger partial charge on any atom is 0.394 e. The summed E-state index contributed by atoms with van der Waals surface area (Å²) >= 11 is 1.57. The number of halogens is 3. The van der Waals surface area contributed by atoms with Gasteiger partial charge >= 0.3 is 18.2 Å². The number of amides is 2. The van der Waals surface area contributed by atoms with Gasteiger partial charge in [0.05, 0.1) is 17.9 Å². The first kappa shape index (κ1) is 19.4. The molecule has 1 aliphatic heterocycles. The highest BCUT2D eigenvalue weighted by molar-refractivity contribution is 7.98. The SMILES string of the molecule is CSc1ccc([C@H](C)NC(=O)N2C[C@@H](C(F)(F)F)[C@H](C(=O)O)C2)cc1. The lowest BCUT2D eigenvalue weighted by Gasteiger charge is -2.21. The second-order valence-electron chi connectivity index (χ2n) is 5.94. The number of aliphatic carboxylic acids is 1. The Balaban J connectivity index is 2.03. The molecule has 0 radical (unpaired) electrons. The highest BCUT2D eigenvalue weighted by Crippen LogP contribution is 2.37. The van der Waals surface area contributed by atoms with Crippen molar-refractivity contribution in [2.24, 2.45) is 11.8 Å². The molecule has 1 aliphatic rings. The van der Waals surface area contributed by atoms with Crippen molar-refractivity contribution < 1.29 is 27.9 Å². The number of carbonyl (C=O) groups excluding carboxylic acids is 1. The number of urea groups is 1. The van der Waals surface area contributed by atoms with E-state index in [1.54, 1.807) is 18.7 Å². The number of hydrogen-bond donors (Lipinski definition) is 2. The van der Waals surface area contributed by atoms with E-state index in [0.717, 1.165) is 15.4 Å². The molecule has 25 heavy (non-hydrogen) atoms. The number of benzene rings is 1. The molecule has 1 fully saturated rings. The van der Waals surface area contributed by atoms with Gasteiger partial charge < -0.3 is 15.3 Å². The molecule has 0 unspecified atom stereocenters. The fourth-order valence-electron chi connectivity index (χ4n) is 2.80. The Morgan fingerprint density at radius 1 is 1.28 bits per heavy atom. The van der Waals surface area contributed by atoms with E-state index in [1.807, 2.05) is 30.5 Å². The predicted octanol–water partition coefficient (Wildman–Crippen LogP) is 3.37. The molecule has 0 spiro atoms. The summed E-state index contributed by atoms with van der Waals surface area (Å²) in [6.45, 7) is 0.617. The molecule has 1 aromatic carbocycles. The molecule has 1 heterocycles. The van der Waals surface area contributed by atoms with Gasteiger partial charge in [0.25, 0.3) is 0 Å². The van der Waals surface area contributed by atoms with Crippen LogP contribution in [0, 0.1) is 11.8 Å². The van der Waals surface area contributed by atoms with Crippen molar-refractivity contribution in [1.29, 1.82) is 0 Å². The van der Waals surface area contributed by atoms with Crippen molar-refractivity contribution in [3.8, 4) is 0 Å². The zero-order valence-corrected chi connectivity index (χ0v) is 14.5. The van der Waals surface area contributed by atoms with E-state index in [-0.39, 0.29) is 0 Å². The van der Waals surface area contributed by atoms with Crippen molar-refractivity contribution in [2.45, 2.75) is 24.0 Å². The maximum absolute atomic E-state index is 13.0. The standard InChI is InChI=1S/C16H19F3N2O3S/c1-9(10-3-5-11(25-2)6-4-10)20-15(24)21-7-12(14(22)23)13(8-21)16(17,18)19/h3-6,9,12-13H,7-8H2,1-2H3,(H,20,24)(H,22,23)/t9-,12+,13+/m0/s1. The van der Waals surface area contributed by atoms with Gasteiger partial charge in [0, 0.05) is 18.0 Å². The van der Waals surface area contributed by atoms with Crippen LogP contribution in [0.3, 0.4) is 0 Å². The Morgan fingerprint density at radius 2 is 1.88 bits per heavy atom. The Morgan fingerprint density at radius 3 is 2.32 bits per heavy atom. The van der Waals surface area contributed by atoms with Crippen LogP contribution in [0.15, 0.2) is 29.2 Å². The monoisotopic (exact) mass is 376 g/mol. The van der Waals surface area contributed by atoms with Crippen molar-refractivity contribution in [1.82, 2.24) is 10.2 Å². The van der Waals surface area contributed by atoms with Crippen molar-refractivity contribution in [3.63, 3.8) is 0 Å². The lowest BCUT2D eigenvalue weighted by molar-refractivity contribution is -0.187. The van der Waals surface area contributed by atoms with Crippen LogP contribution in [0.2, 0.25) is 0 Å². The van der Waals surface area contributed by atoms with Crippen molar-refractivity contribution >= 4 is 23.8 Å². The third-order valence-corrected chi connectivity index (χ3v) is 5.04. The van der Waals surface area contributed by atoms with Gasteiger partial charge in [-0.1, -0.05) is 12.1 Å². The number of nitrogens with zero attached hydrogens (tertiary/aromatic N) is 1. The molecule has 1 saturated heterocycles. The minimum atomic E-state index is -4.66. The normalized spacial score (nSPS) is 21.9. The predicted molar refractivity (Wildman–Crippen MR) is 87.4 cm³/mol. The topological polar surface area (TPSA) is 69.6 Å². The second-order valence-corrected chi connectivity index (χ2v) is 6.82. The van der Waals surface area contributed by atoms with Crippen LogP contribution in [-0.2, 0) is 4.79 Å². The quantitative estimate of drug-likeness (QED) is 0.791. The van der Waals surface area contributed by atoms with Crippen molar-refractivity contribution in [2.75, 3.05) is 19.3 Å². The van der Waals surface area contributed by atoms with Crippen LogP contribution in [-0.4, -0.2) is 47.5 Å². The first-order valence-corrected chi connectivity index (χ1v) is 8.85. The van der Waals surface area contributed by atoms with Crippen LogP contribution in [0.5, 0.6) is 0 Å². The summed E-state index contributed by atoms with van der Waals surface area (Å²) in [6.07, 6.45) is -2.72. The summed E-state index contributed by atoms with van der Waals surface area (Å²) < 4.78 is 38.9. The molecule has 138 valence electrons. The summed E-state index contributed by atoms with van der Waals surface area (Å²) in [7, 11) is 0. The number of hydrogen-bond acceptors (Lipinski definition) is 3. The van der Waals surface area contributed by atoms with Gasteiger partial charge in [0.1, 0.15) is 0 Å². The zero-order chi connectivity index (χ0) is 18.8. The number of carbonyl (C=O) groups is 2. The summed E-state index contributed by atoms with van der Waals surface area (Å²) in [6, 6.07) is 6.34. The fourth-order valence-corrected chi connectivity index (χ4v) is 3.21. The van der Waals surface area contributed by atoms with Crippen LogP contribution >= 0.6 is 11.8 Å². The molecule has 0 aromatic heterocycles. The summed E-state index contributed by atoms with van der Waals surface area (Å²) in [4.78, 5) is 25.3. The Labute approximate surface area is 147 Å². The van der Waals surface area contributed by atoms with Gasteiger partial charge in [-0.15, -0.1) is 11.8 Å². The molecule has 2 amide bonds. The van der Waals surface area contributed by atoms with E-state index in [0.29, 0.717) is 0 Å². The van der Waals surface area contributed by atoms with Crippen LogP contribution in [0.1, 0.15) is 18.5 Å². The van der Waals surface area contributed by atoms with Gasteiger partial charge in [0.2, 0.25) is 0 Å². The molecule has 0 aliphatic carbocycles. The number of nitrogens with one attached hydrogen (secondary N) is 1. The molecule has 5 nitrogen and oxygen atoms in total. The zero-order valence-electron chi connectivity index (χ0n) is 13.7. The molecular weight excluding hydrogens is 357 g/mol. The van der Waals surface area contributed by atoms with E-state index in [9.17, 15) is 22.8 Å². The van der Waals surface area contributed by atoms with E-state index >= 15 is 0 Å². The van der Waals surface area contributed by atoms with E-state index in [2.05, 4.69) is 5.32 Å². The third-order valence-electron chi connectivity index (χ3n) is 4.30. The van der Waals surface area contributed by atoms with Crippen molar-refractivity contribution in [3.05, 3.63) is 29.8 Å². The lowest BCUT2D eigenvalue weighted by atomic mass is 9.96. The summed E-state index contributed by atoms with van der Waals surface area (Å²) in [5.41, 5.74) is 0.813. The molecule has 2 rings (SSSR count). The highest BCUT2D eigenvalue weighted by atomic mass is 32.2. The average Bonchev–Trinajstić information content (AvgIpc) is 3.01. The molecule has 3 atom stereocenters. The molecule has 2 N–H and O–H groups in total. The van der Waals surface area contributed by atoms with Crippen LogP contribution in [0.25, 0.3) is 0 Å². The Kier molecular flexibility index (Phi) is 5.87. The lowest BCUT2D eigenvalue weighted by Crippen LogP contribution is -2.40. The van der Waals surface area contributed by atoms with Crippen LogP contribution < -0.4 is 5.32 Å². The number of thioether (sulfide) groups is 1. The number of rotatable bonds is 4. The molecule has 9 heteroatoms. The average molecular weight is 376 g/mol. The summed E-state index contributed by atoms with van der Waals surface area (Å²) in [5, 5.41) is 11.6. The van der Waals surface area contributed by atoms with Gasteiger partial charge in [0.15, 0.2) is 0 Å². The summed E-state index contributed by atoms with van der Waals surface area (Å²) in [5.74, 6) is -5.23. The van der Waals surface area contributed by atoms with Gasteiger partial charge in [-0.3, -0.25) is 4.79 Å². The van der Waals surface area contributed by atoms with Gasteiger partial charge in [-0.2, -0.15) is 13.2 Å². The maximum atomic E-state index is 13.0. The number of likely N-dealkylation sites (tertiary alicyclic amines) is 1. The van der Waals surface area contributed by atoms with Gasteiger partial charge in [-0.05, 0) is 30.9 Å². The second kappa shape index (κ2) is 7.55. The van der Waals surface area contributed by atoms with E-state index in [1.165, 1.54) is 0 Å². The third kappa shape index (κ3) is 4.59. The Hall–Kier alpha value is -1.90. The molecule has 0 bridgehead atoms. The first-order chi connectivity index (χ1) is 11.6. The smallest absolute Gasteiger partial charge is 0.394 e. The van der Waals surface area contributed by atoms with E-state index < -0.39 is 49.1 Å². The molecule has 0 saturated carbocycles. The van der Waals surface area contributed by atoms with E-state index in [4.69, 9.17) is 5.11 Å². The Bertz CT molecular complexity index is 637. The van der Waals surface area contributed by atoms with Gasteiger partial charge in [-0.25, -0.2) is 4.79 Å². The highest BCUT2D eigenvalue weighted by Gasteiger charge is 2.53. The number of carboxylic acids is 1. The molecule has 1 aromatic rings. The number of carboxylic acid groups (broad SMARTS) is 1. The number of alkyl halides is 3. The molecular formula is C16H19F3N2O3S. The minimum Gasteiger partial charge on any atom is -0.481 e. The minimum absolute atomic E-state index is 0.406. The van der Waals surface area contributed by atoms with Crippen LogP contribution in [0.4, 0.5) is 18.0 Å².